The maximum atomic E-state index is 12.7. The Morgan fingerprint density at radius 2 is 1.96 bits per heavy atom. The van der Waals surface area contributed by atoms with Crippen LogP contribution >= 0.6 is 0 Å². The predicted molar refractivity (Wildman–Crippen MR) is 101 cm³/mol. The molecule has 26 heavy (non-hydrogen) atoms. The summed E-state index contributed by atoms with van der Waals surface area (Å²) in [5.74, 6) is 0.428. The molecule has 0 aliphatic carbocycles. The molecule has 1 heterocycles. The van der Waals surface area contributed by atoms with Crippen molar-refractivity contribution in [2.24, 2.45) is 5.92 Å². The average Bonchev–Trinajstić information content (AvgIpc) is 3.08. The highest BCUT2D eigenvalue weighted by Gasteiger charge is 2.19. The van der Waals surface area contributed by atoms with Gasteiger partial charge in [0.05, 0.1) is 0 Å². The molecule has 3 amide bonds. The van der Waals surface area contributed by atoms with Crippen molar-refractivity contribution in [2.75, 3.05) is 23.7 Å². The lowest BCUT2D eigenvalue weighted by Gasteiger charge is -2.24. The van der Waals surface area contributed by atoms with E-state index in [4.69, 9.17) is 4.52 Å². The smallest absolute Gasteiger partial charge is 0.322 e. The van der Waals surface area contributed by atoms with Crippen LogP contribution in [0, 0.1) is 19.8 Å². The molecule has 0 aliphatic rings. The molecule has 0 radical (unpaired) electrons. The molecule has 0 bridgehead atoms. The van der Waals surface area contributed by atoms with E-state index in [1.807, 2.05) is 32.0 Å². The fourth-order valence-corrected chi connectivity index (χ4v) is 2.38. The molecule has 1 aromatic heterocycles. The maximum Gasteiger partial charge on any atom is 0.322 e. The summed E-state index contributed by atoms with van der Waals surface area (Å²) in [6.07, 6.45) is 2.18. The van der Waals surface area contributed by atoms with Gasteiger partial charge in [-0.2, -0.15) is 0 Å². The number of carbonyl (C=O) groups is 2. The third kappa shape index (κ3) is 5.61. The largest absolute Gasteiger partial charge is 0.363 e. The van der Waals surface area contributed by atoms with Gasteiger partial charge in [-0.05, 0) is 43.4 Å². The van der Waals surface area contributed by atoms with Crippen LogP contribution in [0.5, 0.6) is 0 Å². The summed E-state index contributed by atoms with van der Waals surface area (Å²) >= 11 is 0. The molecule has 2 N–H and O–H groups in total. The fourth-order valence-electron chi connectivity index (χ4n) is 2.38. The van der Waals surface area contributed by atoms with Crippen LogP contribution in [0.25, 0.3) is 0 Å². The Kier molecular flexibility index (Phi) is 6.77. The van der Waals surface area contributed by atoms with E-state index in [1.54, 1.807) is 6.07 Å². The summed E-state index contributed by atoms with van der Waals surface area (Å²) in [7, 11) is 0. The second-order valence-electron chi connectivity index (χ2n) is 6.71. The van der Waals surface area contributed by atoms with E-state index in [0.717, 1.165) is 23.2 Å². The Morgan fingerprint density at radius 1 is 1.19 bits per heavy atom. The van der Waals surface area contributed by atoms with E-state index in [0.29, 0.717) is 18.3 Å². The highest BCUT2D eigenvalue weighted by molar-refractivity contribution is 5.96. The summed E-state index contributed by atoms with van der Waals surface area (Å²) in [6, 6.07) is 7.00. The van der Waals surface area contributed by atoms with Gasteiger partial charge in [-0.1, -0.05) is 31.1 Å². The van der Waals surface area contributed by atoms with Crippen molar-refractivity contribution in [1.29, 1.82) is 0 Å². The Bertz CT molecular complexity index is 741. The average molecular weight is 358 g/mol. The van der Waals surface area contributed by atoms with E-state index in [-0.39, 0.29) is 18.5 Å². The first-order valence-corrected chi connectivity index (χ1v) is 8.69. The number of anilines is 2. The molecule has 2 rings (SSSR count). The molecule has 0 aliphatic heterocycles. The Morgan fingerprint density at radius 3 is 2.62 bits per heavy atom. The zero-order valence-corrected chi connectivity index (χ0v) is 15.7. The van der Waals surface area contributed by atoms with Crippen molar-refractivity contribution >= 4 is 23.4 Å². The molecule has 7 nitrogen and oxygen atoms in total. The van der Waals surface area contributed by atoms with Crippen LogP contribution in [0.15, 0.2) is 35.1 Å². The zero-order valence-electron chi connectivity index (χ0n) is 15.7. The van der Waals surface area contributed by atoms with Crippen LogP contribution < -0.4 is 10.6 Å². The van der Waals surface area contributed by atoms with Crippen LogP contribution in [0.1, 0.15) is 31.4 Å². The van der Waals surface area contributed by atoms with Crippen LogP contribution in [-0.2, 0) is 4.79 Å². The minimum atomic E-state index is -0.321. The third-order valence-electron chi connectivity index (χ3n) is 4.15. The quantitative estimate of drug-likeness (QED) is 0.788. The van der Waals surface area contributed by atoms with Gasteiger partial charge in [-0.15, -0.1) is 0 Å². The predicted octanol–water partition coefficient (Wildman–Crippen LogP) is 3.81. The molecular weight excluding hydrogens is 332 g/mol. The first-order valence-electron chi connectivity index (χ1n) is 8.69. The standard InChI is InChI=1S/C19H26N4O3/c1-13(2)8-10-23(12-18(24)21-17-9-11-26-22-17)19(25)20-16-7-5-6-14(3)15(16)4/h5-7,9,11,13H,8,10,12H2,1-4H3,(H,20,25)(H,21,22,24). The normalized spacial score (nSPS) is 10.7. The Labute approximate surface area is 153 Å². The molecule has 0 saturated carbocycles. The van der Waals surface area contributed by atoms with Gasteiger partial charge in [0.2, 0.25) is 5.91 Å². The number of nitrogens with one attached hydrogen (secondary N) is 2. The number of benzene rings is 1. The Balaban J connectivity index is 2.05. The van der Waals surface area contributed by atoms with E-state index in [9.17, 15) is 9.59 Å². The van der Waals surface area contributed by atoms with E-state index >= 15 is 0 Å². The lowest BCUT2D eigenvalue weighted by molar-refractivity contribution is -0.116. The minimum Gasteiger partial charge on any atom is -0.363 e. The minimum absolute atomic E-state index is 0.0592. The number of amides is 3. The van der Waals surface area contributed by atoms with Crippen molar-refractivity contribution in [3.8, 4) is 0 Å². The number of nitrogens with zero attached hydrogens (tertiary/aromatic N) is 2. The number of rotatable bonds is 7. The number of hydrogen-bond donors (Lipinski definition) is 2. The fraction of sp³-hybridized carbons (Fsp3) is 0.421. The van der Waals surface area contributed by atoms with Crippen LogP contribution in [0.3, 0.4) is 0 Å². The number of carbonyl (C=O) groups excluding carboxylic acids is 2. The van der Waals surface area contributed by atoms with Gasteiger partial charge < -0.3 is 20.1 Å². The molecule has 1 aromatic carbocycles. The molecule has 0 unspecified atom stereocenters. The van der Waals surface area contributed by atoms with E-state index in [2.05, 4.69) is 29.6 Å². The summed E-state index contributed by atoms with van der Waals surface area (Å²) in [4.78, 5) is 26.5. The van der Waals surface area contributed by atoms with Crippen LogP contribution in [0.4, 0.5) is 16.3 Å². The van der Waals surface area contributed by atoms with Gasteiger partial charge in [0.1, 0.15) is 12.8 Å². The van der Waals surface area contributed by atoms with Gasteiger partial charge in [-0.25, -0.2) is 4.79 Å². The number of urea groups is 1. The van der Waals surface area contributed by atoms with Gasteiger partial charge in [-0.3, -0.25) is 4.79 Å². The maximum absolute atomic E-state index is 12.7. The molecule has 2 aromatic rings. The van der Waals surface area contributed by atoms with Crippen molar-refractivity contribution < 1.29 is 14.1 Å². The summed E-state index contributed by atoms with van der Waals surface area (Å²) in [5.41, 5.74) is 2.86. The van der Waals surface area contributed by atoms with Crippen molar-refractivity contribution in [3.05, 3.63) is 41.7 Å². The first-order chi connectivity index (χ1) is 12.4. The zero-order chi connectivity index (χ0) is 19.1. The topological polar surface area (TPSA) is 87.5 Å². The SMILES string of the molecule is Cc1cccc(NC(=O)N(CCC(C)C)CC(=O)Nc2ccon2)c1C. The van der Waals surface area contributed by atoms with Crippen LogP contribution in [0.2, 0.25) is 0 Å². The van der Waals surface area contributed by atoms with Gasteiger partial charge in [0, 0.05) is 18.3 Å². The third-order valence-corrected chi connectivity index (χ3v) is 4.15. The molecular formula is C19H26N4O3. The lowest BCUT2D eigenvalue weighted by Crippen LogP contribution is -2.41. The van der Waals surface area contributed by atoms with Gasteiger partial charge in [0.25, 0.3) is 0 Å². The summed E-state index contributed by atoms with van der Waals surface area (Å²) < 4.78 is 4.69. The molecule has 0 fully saturated rings. The van der Waals surface area contributed by atoms with E-state index in [1.165, 1.54) is 11.2 Å². The summed E-state index contributed by atoms with van der Waals surface area (Å²) in [6.45, 7) is 8.54. The second kappa shape index (κ2) is 9.03. The number of aryl methyl sites for hydroxylation is 1. The molecule has 140 valence electrons. The second-order valence-corrected chi connectivity index (χ2v) is 6.71. The summed E-state index contributed by atoms with van der Waals surface area (Å²) in [5, 5.41) is 9.17. The first kappa shape index (κ1) is 19.5. The van der Waals surface area contributed by atoms with Crippen LogP contribution in [-0.4, -0.2) is 35.1 Å². The Hall–Kier alpha value is -2.83. The molecule has 0 atom stereocenters. The monoisotopic (exact) mass is 358 g/mol. The molecule has 0 saturated heterocycles. The van der Waals surface area contributed by atoms with Crippen molar-refractivity contribution in [1.82, 2.24) is 10.1 Å². The van der Waals surface area contributed by atoms with E-state index < -0.39 is 0 Å². The van der Waals surface area contributed by atoms with Crippen molar-refractivity contribution in [2.45, 2.75) is 34.1 Å². The highest BCUT2D eigenvalue weighted by atomic mass is 16.5. The number of hydrogen-bond acceptors (Lipinski definition) is 4. The molecule has 7 heteroatoms. The van der Waals surface area contributed by atoms with Crippen molar-refractivity contribution in [3.63, 3.8) is 0 Å². The molecule has 0 spiro atoms. The lowest BCUT2D eigenvalue weighted by atomic mass is 10.1. The van der Waals surface area contributed by atoms with Gasteiger partial charge in [0.15, 0.2) is 5.82 Å². The number of aromatic nitrogens is 1. The van der Waals surface area contributed by atoms with Gasteiger partial charge >= 0.3 is 6.03 Å². The highest BCUT2D eigenvalue weighted by Crippen LogP contribution is 2.18.